The Morgan fingerprint density at radius 1 is 1.35 bits per heavy atom. The highest BCUT2D eigenvalue weighted by Gasteiger charge is 2.15. The number of halogens is 1. The quantitative estimate of drug-likeness (QED) is 0.559. The Kier molecular flexibility index (Phi) is 6.24. The number of likely N-dealkylation sites (N-methyl/N-ethyl adjacent to an activating group) is 1. The number of amides is 1. The molecule has 0 saturated heterocycles. The fraction of sp³-hybridized carbons (Fsp3) is 0.312. The summed E-state index contributed by atoms with van der Waals surface area (Å²) >= 11 is 7.08. The van der Waals surface area contributed by atoms with Gasteiger partial charge in [0.2, 0.25) is 11.8 Å². The van der Waals surface area contributed by atoms with Crippen molar-refractivity contribution in [3.05, 3.63) is 41.4 Å². The molecule has 2 aromatic rings. The number of hydrogen-bond donors (Lipinski definition) is 0. The Bertz CT molecular complexity index is 685. The molecular weight excluding hydrogens is 334 g/mol. The third-order valence-electron chi connectivity index (χ3n) is 3.01. The van der Waals surface area contributed by atoms with Crippen LogP contribution in [0, 0.1) is 0 Å². The van der Waals surface area contributed by atoms with Gasteiger partial charge in [-0.2, -0.15) is 0 Å². The van der Waals surface area contributed by atoms with Crippen molar-refractivity contribution < 1.29 is 9.21 Å². The van der Waals surface area contributed by atoms with E-state index in [1.54, 1.807) is 29.2 Å². The largest absolute Gasteiger partial charge is 0.411 e. The van der Waals surface area contributed by atoms with Gasteiger partial charge in [-0.1, -0.05) is 35.5 Å². The zero-order valence-electron chi connectivity index (χ0n) is 13.1. The van der Waals surface area contributed by atoms with E-state index < -0.39 is 0 Å². The number of aromatic nitrogens is 2. The lowest BCUT2D eigenvalue weighted by molar-refractivity contribution is -0.127. The van der Waals surface area contributed by atoms with E-state index in [9.17, 15) is 4.79 Å². The highest BCUT2D eigenvalue weighted by molar-refractivity contribution is 7.99. The molecule has 2 rings (SSSR count). The second kappa shape index (κ2) is 8.17. The third kappa shape index (κ3) is 5.11. The van der Waals surface area contributed by atoms with Crippen molar-refractivity contribution in [2.45, 2.75) is 19.1 Å². The van der Waals surface area contributed by atoms with Gasteiger partial charge in [-0.3, -0.25) is 4.79 Å². The fourth-order valence-corrected chi connectivity index (χ4v) is 2.69. The number of carbonyl (C=O) groups is 1. The lowest BCUT2D eigenvalue weighted by Gasteiger charge is -2.20. The first-order chi connectivity index (χ1) is 11.0. The van der Waals surface area contributed by atoms with E-state index in [-0.39, 0.29) is 11.7 Å². The molecule has 0 unspecified atom stereocenters. The summed E-state index contributed by atoms with van der Waals surface area (Å²) in [6.07, 6.45) is 0. The molecule has 5 nitrogen and oxygen atoms in total. The summed E-state index contributed by atoms with van der Waals surface area (Å²) in [6, 6.07) is 7.13. The minimum absolute atomic E-state index is 0.0201. The summed E-state index contributed by atoms with van der Waals surface area (Å²) in [6.45, 7) is 8.89. The molecule has 0 saturated carbocycles. The third-order valence-corrected chi connectivity index (χ3v) is 4.07. The van der Waals surface area contributed by atoms with E-state index in [0.29, 0.717) is 29.2 Å². The van der Waals surface area contributed by atoms with Crippen molar-refractivity contribution in [1.29, 1.82) is 0 Å². The van der Waals surface area contributed by atoms with Gasteiger partial charge in [0.15, 0.2) is 0 Å². The van der Waals surface area contributed by atoms with Crippen LogP contribution < -0.4 is 0 Å². The SMILES string of the molecule is C=C(C)CN(CC)C(=O)CSc1nnc(-c2ccc(Cl)cc2)o1. The van der Waals surface area contributed by atoms with E-state index in [2.05, 4.69) is 16.8 Å². The van der Waals surface area contributed by atoms with Crippen LogP contribution in [0.2, 0.25) is 5.02 Å². The van der Waals surface area contributed by atoms with Crippen molar-refractivity contribution in [1.82, 2.24) is 15.1 Å². The number of benzene rings is 1. The lowest BCUT2D eigenvalue weighted by atomic mass is 10.2. The smallest absolute Gasteiger partial charge is 0.277 e. The van der Waals surface area contributed by atoms with Crippen LogP contribution in [0.4, 0.5) is 0 Å². The number of rotatable bonds is 7. The van der Waals surface area contributed by atoms with Crippen LogP contribution >= 0.6 is 23.4 Å². The molecule has 0 atom stereocenters. The summed E-state index contributed by atoms with van der Waals surface area (Å²) < 4.78 is 5.56. The summed E-state index contributed by atoms with van der Waals surface area (Å²) in [5.74, 6) is 0.682. The van der Waals surface area contributed by atoms with Crippen LogP contribution in [0.5, 0.6) is 0 Å². The first-order valence-electron chi connectivity index (χ1n) is 7.14. The van der Waals surface area contributed by atoms with Crippen molar-refractivity contribution in [3.63, 3.8) is 0 Å². The molecule has 0 spiro atoms. The Balaban J connectivity index is 1.95. The van der Waals surface area contributed by atoms with Gasteiger partial charge in [0.1, 0.15) is 0 Å². The zero-order chi connectivity index (χ0) is 16.8. The van der Waals surface area contributed by atoms with Gasteiger partial charge in [-0.05, 0) is 38.1 Å². The van der Waals surface area contributed by atoms with E-state index in [4.69, 9.17) is 16.0 Å². The standard InChI is InChI=1S/C16H18ClN3O2S/c1-4-20(9-11(2)3)14(21)10-23-16-19-18-15(22-16)12-5-7-13(17)8-6-12/h5-8H,2,4,9-10H2,1,3H3. The molecule has 1 heterocycles. The highest BCUT2D eigenvalue weighted by Crippen LogP contribution is 2.24. The number of hydrogen-bond acceptors (Lipinski definition) is 5. The van der Waals surface area contributed by atoms with Crippen LogP contribution in [-0.4, -0.2) is 39.8 Å². The Labute approximate surface area is 144 Å². The predicted molar refractivity (Wildman–Crippen MR) is 92.5 cm³/mol. The van der Waals surface area contributed by atoms with Crippen LogP contribution in [0.1, 0.15) is 13.8 Å². The van der Waals surface area contributed by atoms with Crippen molar-refractivity contribution >= 4 is 29.3 Å². The maximum Gasteiger partial charge on any atom is 0.277 e. The second-order valence-electron chi connectivity index (χ2n) is 5.03. The summed E-state index contributed by atoms with van der Waals surface area (Å²) in [7, 11) is 0. The highest BCUT2D eigenvalue weighted by atomic mass is 35.5. The maximum atomic E-state index is 12.2. The average Bonchev–Trinajstić information content (AvgIpc) is 2.99. The molecule has 122 valence electrons. The molecule has 1 aromatic carbocycles. The normalized spacial score (nSPS) is 10.6. The first-order valence-corrected chi connectivity index (χ1v) is 8.50. The van der Waals surface area contributed by atoms with Gasteiger partial charge in [-0.25, -0.2) is 0 Å². The Morgan fingerprint density at radius 2 is 2.04 bits per heavy atom. The first kappa shape index (κ1) is 17.6. The minimum Gasteiger partial charge on any atom is -0.411 e. The maximum absolute atomic E-state index is 12.2. The van der Waals surface area contributed by atoms with Gasteiger partial charge in [0, 0.05) is 23.7 Å². The molecule has 1 aromatic heterocycles. The number of nitrogens with zero attached hydrogens (tertiary/aromatic N) is 3. The molecule has 0 radical (unpaired) electrons. The Morgan fingerprint density at radius 3 is 2.65 bits per heavy atom. The van der Waals surface area contributed by atoms with Crippen molar-refractivity contribution in [2.75, 3.05) is 18.8 Å². The van der Waals surface area contributed by atoms with Crippen LogP contribution in [0.15, 0.2) is 46.1 Å². The minimum atomic E-state index is 0.0201. The molecule has 0 N–H and O–H groups in total. The second-order valence-corrected chi connectivity index (χ2v) is 6.40. The van der Waals surface area contributed by atoms with E-state index in [0.717, 1.165) is 11.1 Å². The van der Waals surface area contributed by atoms with E-state index in [1.807, 2.05) is 13.8 Å². The van der Waals surface area contributed by atoms with Gasteiger partial charge < -0.3 is 9.32 Å². The lowest BCUT2D eigenvalue weighted by Crippen LogP contribution is -2.33. The van der Waals surface area contributed by atoms with E-state index >= 15 is 0 Å². The molecular formula is C16H18ClN3O2S. The monoisotopic (exact) mass is 351 g/mol. The number of carbonyl (C=O) groups excluding carboxylic acids is 1. The molecule has 0 aliphatic carbocycles. The van der Waals surface area contributed by atoms with Gasteiger partial charge in [-0.15, -0.1) is 10.2 Å². The summed E-state index contributed by atoms with van der Waals surface area (Å²) in [5, 5.41) is 8.96. The number of thioether (sulfide) groups is 1. The molecule has 0 aliphatic heterocycles. The molecule has 1 amide bonds. The average molecular weight is 352 g/mol. The Hall–Kier alpha value is -1.79. The predicted octanol–water partition coefficient (Wildman–Crippen LogP) is 3.91. The van der Waals surface area contributed by atoms with Crippen molar-refractivity contribution in [3.8, 4) is 11.5 Å². The molecule has 7 heteroatoms. The van der Waals surface area contributed by atoms with Gasteiger partial charge in [0.05, 0.1) is 5.75 Å². The zero-order valence-corrected chi connectivity index (χ0v) is 14.7. The molecule has 0 aliphatic rings. The molecule has 0 bridgehead atoms. The summed E-state index contributed by atoms with van der Waals surface area (Å²) in [4.78, 5) is 13.9. The summed E-state index contributed by atoms with van der Waals surface area (Å²) in [5.41, 5.74) is 1.74. The van der Waals surface area contributed by atoms with E-state index in [1.165, 1.54) is 11.8 Å². The fourth-order valence-electron chi connectivity index (χ4n) is 1.89. The van der Waals surface area contributed by atoms with Crippen LogP contribution in [0.3, 0.4) is 0 Å². The van der Waals surface area contributed by atoms with Crippen molar-refractivity contribution in [2.24, 2.45) is 0 Å². The molecule has 23 heavy (non-hydrogen) atoms. The molecule has 0 fully saturated rings. The van der Waals surface area contributed by atoms with Gasteiger partial charge in [0.25, 0.3) is 5.22 Å². The van der Waals surface area contributed by atoms with Crippen LogP contribution in [0.25, 0.3) is 11.5 Å². The van der Waals surface area contributed by atoms with Crippen LogP contribution in [-0.2, 0) is 4.79 Å². The van der Waals surface area contributed by atoms with Gasteiger partial charge >= 0.3 is 0 Å². The topological polar surface area (TPSA) is 59.2 Å².